The second-order valence-electron chi connectivity index (χ2n) is 5.07. The summed E-state index contributed by atoms with van der Waals surface area (Å²) in [5.74, 6) is -1.96. The Morgan fingerprint density at radius 2 is 1.86 bits per heavy atom. The largest absolute Gasteiger partial charge is 0.481 e. The molecule has 2 N–H and O–H groups in total. The van der Waals surface area contributed by atoms with Gasteiger partial charge in [0.15, 0.2) is 0 Å². The quantitative estimate of drug-likeness (QED) is 0.708. The lowest BCUT2D eigenvalue weighted by Crippen LogP contribution is -2.35. The minimum Gasteiger partial charge on any atom is -0.481 e. The zero-order valence-electron chi connectivity index (χ0n) is 11.9. The summed E-state index contributed by atoms with van der Waals surface area (Å²) in [4.78, 5) is 11.2. The summed E-state index contributed by atoms with van der Waals surface area (Å²) in [6, 6.07) is 3.18. The van der Waals surface area contributed by atoms with Crippen LogP contribution >= 0.6 is 31.9 Å². The Morgan fingerprint density at radius 1 is 1.29 bits per heavy atom. The summed E-state index contributed by atoms with van der Waals surface area (Å²) in [6.45, 7) is 5.18. The van der Waals surface area contributed by atoms with Gasteiger partial charge in [0.25, 0.3) is 0 Å². The van der Waals surface area contributed by atoms with Crippen molar-refractivity contribution in [2.45, 2.75) is 25.7 Å². The molecule has 0 amide bonds. The van der Waals surface area contributed by atoms with Crippen LogP contribution in [0.3, 0.4) is 0 Å². The second kappa shape index (κ2) is 7.21. The topological polar surface area (TPSA) is 83.5 Å². The van der Waals surface area contributed by atoms with E-state index in [1.165, 1.54) is 6.07 Å². The van der Waals surface area contributed by atoms with Crippen LogP contribution < -0.4 is 4.72 Å². The van der Waals surface area contributed by atoms with E-state index < -0.39 is 21.9 Å². The third-order valence-corrected chi connectivity index (χ3v) is 6.35. The second-order valence-corrected chi connectivity index (χ2v) is 8.52. The van der Waals surface area contributed by atoms with Gasteiger partial charge in [-0.15, -0.1) is 0 Å². The number of hydrogen-bond acceptors (Lipinski definition) is 3. The van der Waals surface area contributed by atoms with Crippen molar-refractivity contribution >= 4 is 47.9 Å². The summed E-state index contributed by atoms with van der Waals surface area (Å²) in [5, 5.41) is 9.09. The van der Waals surface area contributed by atoms with Crippen LogP contribution in [-0.2, 0) is 14.8 Å². The Labute approximate surface area is 141 Å². The molecule has 1 aromatic carbocycles. The van der Waals surface area contributed by atoms with Gasteiger partial charge >= 0.3 is 5.97 Å². The van der Waals surface area contributed by atoms with E-state index in [2.05, 4.69) is 36.6 Å². The highest BCUT2D eigenvalue weighted by molar-refractivity contribution is 9.11. The first-order valence-corrected chi connectivity index (χ1v) is 9.31. The molecular formula is C13H17Br2NO4S. The van der Waals surface area contributed by atoms with Crippen LogP contribution in [0.15, 0.2) is 26.0 Å². The molecule has 0 spiro atoms. The van der Waals surface area contributed by atoms with E-state index >= 15 is 0 Å². The van der Waals surface area contributed by atoms with E-state index in [4.69, 9.17) is 5.11 Å². The molecule has 5 nitrogen and oxygen atoms in total. The van der Waals surface area contributed by atoms with Gasteiger partial charge in [-0.3, -0.25) is 4.79 Å². The molecule has 0 aliphatic carbocycles. The number of rotatable bonds is 6. The lowest BCUT2D eigenvalue weighted by Gasteiger charge is -2.17. The maximum absolute atomic E-state index is 12.3. The number of aryl methyl sites for hydroxylation is 1. The molecule has 1 atom stereocenters. The van der Waals surface area contributed by atoms with Crippen molar-refractivity contribution in [1.82, 2.24) is 4.72 Å². The van der Waals surface area contributed by atoms with Crippen molar-refractivity contribution in [3.05, 3.63) is 26.6 Å². The molecule has 0 radical (unpaired) electrons. The Bertz CT molecular complexity index is 644. The first-order chi connectivity index (χ1) is 9.56. The molecule has 0 aliphatic heterocycles. The summed E-state index contributed by atoms with van der Waals surface area (Å²) in [6.07, 6.45) is 0. The normalized spacial score (nSPS) is 13.4. The third-order valence-electron chi connectivity index (χ3n) is 3.12. The van der Waals surface area contributed by atoms with Crippen molar-refractivity contribution in [2.75, 3.05) is 6.54 Å². The molecule has 1 aromatic rings. The highest BCUT2D eigenvalue weighted by atomic mass is 79.9. The van der Waals surface area contributed by atoms with Gasteiger partial charge in [0.2, 0.25) is 10.0 Å². The molecule has 0 saturated heterocycles. The molecule has 0 heterocycles. The molecule has 8 heteroatoms. The van der Waals surface area contributed by atoms with Gasteiger partial charge in [0.1, 0.15) is 0 Å². The van der Waals surface area contributed by atoms with Crippen molar-refractivity contribution in [3.8, 4) is 0 Å². The van der Waals surface area contributed by atoms with E-state index in [0.717, 1.165) is 5.56 Å². The van der Waals surface area contributed by atoms with Crippen molar-refractivity contribution in [2.24, 2.45) is 11.8 Å². The van der Waals surface area contributed by atoms with E-state index in [1.807, 2.05) is 6.92 Å². The number of aliphatic carboxylic acids is 1. The number of benzene rings is 1. The average Bonchev–Trinajstić information content (AvgIpc) is 2.32. The predicted octanol–water partition coefficient (Wildman–Crippen LogP) is 3.16. The molecule has 0 saturated carbocycles. The van der Waals surface area contributed by atoms with E-state index in [-0.39, 0.29) is 17.4 Å². The molecule has 21 heavy (non-hydrogen) atoms. The zero-order chi connectivity index (χ0) is 16.4. The lowest BCUT2D eigenvalue weighted by molar-refractivity contribution is -0.142. The van der Waals surface area contributed by atoms with Gasteiger partial charge in [-0.1, -0.05) is 29.8 Å². The maximum Gasteiger partial charge on any atom is 0.308 e. The molecular weight excluding hydrogens is 426 g/mol. The summed E-state index contributed by atoms with van der Waals surface area (Å²) >= 11 is 6.52. The summed E-state index contributed by atoms with van der Waals surface area (Å²) in [7, 11) is -3.78. The van der Waals surface area contributed by atoms with Crippen molar-refractivity contribution in [3.63, 3.8) is 0 Å². The number of halogens is 2. The number of sulfonamides is 1. The fourth-order valence-corrected chi connectivity index (χ4v) is 4.45. The van der Waals surface area contributed by atoms with Crippen LogP contribution in [0.1, 0.15) is 19.4 Å². The third kappa shape index (κ3) is 4.77. The number of carboxylic acid groups (broad SMARTS) is 1. The van der Waals surface area contributed by atoms with Gasteiger partial charge < -0.3 is 5.11 Å². The fraction of sp³-hybridized carbons (Fsp3) is 0.462. The Balaban J connectivity index is 3.02. The fourth-order valence-electron chi connectivity index (χ4n) is 1.72. The van der Waals surface area contributed by atoms with E-state index in [1.54, 1.807) is 19.9 Å². The monoisotopic (exact) mass is 441 g/mol. The highest BCUT2D eigenvalue weighted by Gasteiger charge is 2.25. The number of hydrogen-bond donors (Lipinski definition) is 2. The first kappa shape index (κ1) is 18.6. The molecule has 0 aromatic heterocycles. The predicted molar refractivity (Wildman–Crippen MR) is 87.7 cm³/mol. The molecule has 0 aliphatic rings. The van der Waals surface area contributed by atoms with E-state index in [9.17, 15) is 13.2 Å². The van der Waals surface area contributed by atoms with Gasteiger partial charge in [-0.2, -0.15) is 0 Å². The van der Waals surface area contributed by atoms with Crippen LogP contribution in [0.4, 0.5) is 0 Å². The summed E-state index contributed by atoms with van der Waals surface area (Å²) in [5.41, 5.74) is 0.895. The summed E-state index contributed by atoms with van der Waals surface area (Å²) < 4.78 is 28.1. The molecule has 118 valence electrons. The number of carboxylic acids is 1. The SMILES string of the molecule is Cc1cc(Br)c(S(=O)(=O)NCC(C(=O)O)C(C)C)cc1Br. The lowest BCUT2D eigenvalue weighted by atomic mass is 9.97. The number of nitrogens with one attached hydrogen (secondary N) is 1. The van der Waals surface area contributed by atoms with Gasteiger partial charge in [0, 0.05) is 15.5 Å². The maximum atomic E-state index is 12.3. The van der Waals surface area contributed by atoms with Crippen LogP contribution in [-0.4, -0.2) is 26.0 Å². The highest BCUT2D eigenvalue weighted by Crippen LogP contribution is 2.28. The molecule has 1 rings (SSSR count). The van der Waals surface area contributed by atoms with Gasteiger partial charge in [-0.25, -0.2) is 13.1 Å². The van der Waals surface area contributed by atoms with Crippen molar-refractivity contribution < 1.29 is 18.3 Å². The van der Waals surface area contributed by atoms with Crippen LogP contribution in [0.5, 0.6) is 0 Å². The minimum absolute atomic E-state index is 0.0767. The average molecular weight is 443 g/mol. The zero-order valence-corrected chi connectivity index (χ0v) is 15.8. The molecule has 0 bridgehead atoms. The van der Waals surface area contributed by atoms with Crippen LogP contribution in [0.25, 0.3) is 0 Å². The Kier molecular flexibility index (Phi) is 6.39. The Hall–Kier alpha value is -0.440. The van der Waals surface area contributed by atoms with Gasteiger partial charge in [-0.05, 0) is 46.5 Å². The smallest absolute Gasteiger partial charge is 0.308 e. The molecule has 0 fully saturated rings. The van der Waals surface area contributed by atoms with Gasteiger partial charge in [0.05, 0.1) is 10.8 Å². The number of carbonyl (C=O) groups is 1. The first-order valence-electron chi connectivity index (χ1n) is 6.24. The van der Waals surface area contributed by atoms with E-state index in [0.29, 0.717) is 8.95 Å². The molecule has 1 unspecified atom stereocenters. The van der Waals surface area contributed by atoms with Crippen LogP contribution in [0, 0.1) is 18.8 Å². The van der Waals surface area contributed by atoms with Crippen LogP contribution in [0.2, 0.25) is 0 Å². The van der Waals surface area contributed by atoms with Crippen molar-refractivity contribution in [1.29, 1.82) is 0 Å². The standard InChI is InChI=1S/C13H17Br2NO4S/c1-7(2)9(13(17)18)6-16-21(19,20)12-5-10(14)8(3)4-11(12)15/h4-5,7,9,16H,6H2,1-3H3,(H,17,18). The minimum atomic E-state index is -3.78. The Morgan fingerprint density at radius 3 is 2.33 bits per heavy atom.